The monoisotopic (exact) mass is 476 g/mol. The molecule has 8 nitrogen and oxygen atoms in total. The van der Waals surface area contributed by atoms with Gasteiger partial charge in [-0.2, -0.15) is 0 Å². The molecule has 2 heterocycles. The van der Waals surface area contributed by atoms with E-state index in [-0.39, 0.29) is 18.6 Å². The number of nitrogens with zero attached hydrogens (tertiary/aromatic N) is 1. The van der Waals surface area contributed by atoms with Gasteiger partial charge in [0.1, 0.15) is 16.4 Å². The fourth-order valence-corrected chi connectivity index (χ4v) is 2.82. The smallest absolute Gasteiger partial charge is 0.330 e. The van der Waals surface area contributed by atoms with Crippen molar-refractivity contribution >= 4 is 38.5 Å². The molecule has 1 aromatic rings. The first-order chi connectivity index (χ1) is 9.85. The topological polar surface area (TPSA) is 125 Å². The maximum absolute atomic E-state index is 11.9. The van der Waals surface area contributed by atoms with Crippen molar-refractivity contribution in [3.8, 4) is 0 Å². The van der Waals surface area contributed by atoms with Crippen LogP contribution >= 0.6 is 38.5 Å². The summed E-state index contributed by atoms with van der Waals surface area (Å²) in [6.45, 7) is -0.365. The standard InChI is InChI=1S/C11H14BrIN2O6/c12-8(9(13)18)4-2-15(11(20)14-10(4)19)7-1-5(17)6(3-16)21-7/h2,5-9,16-18H,1,3H2,(H,14,19,20)/t5-,6+,7+,8?,9?/m0/s1. The van der Waals surface area contributed by atoms with Crippen molar-refractivity contribution in [3.63, 3.8) is 0 Å². The van der Waals surface area contributed by atoms with Crippen molar-refractivity contribution < 1.29 is 20.1 Å². The third-order valence-electron chi connectivity index (χ3n) is 3.23. The van der Waals surface area contributed by atoms with Gasteiger partial charge in [0.25, 0.3) is 5.56 Å². The molecule has 0 aliphatic carbocycles. The molecule has 0 bridgehead atoms. The SMILES string of the molecule is O=c1[nH]c(=O)n([C@H]2C[C@H](O)[C@@H](CO)O2)cc1C(Br)C(O)I. The minimum absolute atomic E-state index is 0.121. The molecule has 2 rings (SSSR count). The van der Waals surface area contributed by atoms with Crippen LogP contribution < -0.4 is 11.2 Å². The van der Waals surface area contributed by atoms with Crippen molar-refractivity contribution in [2.45, 2.75) is 33.8 Å². The van der Waals surface area contributed by atoms with Gasteiger partial charge in [0.05, 0.1) is 23.1 Å². The Morgan fingerprint density at radius 3 is 2.76 bits per heavy atom. The maximum Gasteiger partial charge on any atom is 0.330 e. The predicted octanol–water partition coefficient (Wildman–Crippen LogP) is -0.633. The molecule has 4 N–H and O–H groups in total. The number of aromatic nitrogens is 2. The van der Waals surface area contributed by atoms with Crippen LogP contribution in [-0.4, -0.2) is 47.8 Å². The van der Waals surface area contributed by atoms with Gasteiger partial charge in [0.2, 0.25) is 0 Å². The van der Waals surface area contributed by atoms with Gasteiger partial charge in [-0.15, -0.1) is 0 Å². The first-order valence-corrected chi connectivity index (χ1v) is 8.27. The van der Waals surface area contributed by atoms with Crippen molar-refractivity contribution in [1.82, 2.24) is 9.55 Å². The summed E-state index contributed by atoms with van der Waals surface area (Å²) in [5, 5.41) is 28.3. The lowest BCUT2D eigenvalue weighted by Crippen LogP contribution is -2.35. The molecular weight excluding hydrogens is 463 g/mol. The third kappa shape index (κ3) is 3.56. The number of aliphatic hydroxyl groups is 3. The highest BCUT2D eigenvalue weighted by Gasteiger charge is 2.35. The van der Waals surface area contributed by atoms with E-state index < -0.39 is 38.6 Å². The highest BCUT2D eigenvalue weighted by Crippen LogP contribution is 2.30. The Hall–Kier alpha value is -0.270. The number of nitrogens with one attached hydrogen (secondary N) is 1. The average Bonchev–Trinajstić information content (AvgIpc) is 2.79. The van der Waals surface area contributed by atoms with Crippen LogP contribution in [0, 0.1) is 0 Å². The molecule has 1 fully saturated rings. The molecule has 1 aromatic heterocycles. The van der Waals surface area contributed by atoms with E-state index in [4.69, 9.17) is 9.84 Å². The lowest BCUT2D eigenvalue weighted by atomic mass is 10.2. The lowest BCUT2D eigenvalue weighted by molar-refractivity contribution is -0.0460. The molecule has 5 atom stereocenters. The van der Waals surface area contributed by atoms with Crippen LogP contribution in [-0.2, 0) is 4.74 Å². The summed E-state index contributed by atoms with van der Waals surface area (Å²) in [4.78, 5) is 25.2. The second kappa shape index (κ2) is 6.87. The first-order valence-electron chi connectivity index (χ1n) is 6.11. The average molecular weight is 477 g/mol. The molecule has 118 valence electrons. The normalized spacial score (nSPS) is 28.5. The molecule has 0 saturated carbocycles. The highest BCUT2D eigenvalue weighted by atomic mass is 127. The summed E-state index contributed by atoms with van der Waals surface area (Å²) >= 11 is 4.92. The molecule has 0 amide bonds. The zero-order chi connectivity index (χ0) is 15.7. The number of alkyl halides is 2. The van der Waals surface area contributed by atoms with E-state index in [0.717, 1.165) is 4.57 Å². The quantitative estimate of drug-likeness (QED) is 0.338. The zero-order valence-corrected chi connectivity index (χ0v) is 14.4. The van der Waals surface area contributed by atoms with E-state index in [1.807, 2.05) is 0 Å². The minimum atomic E-state index is -0.891. The number of ether oxygens (including phenoxy) is 1. The number of hydrogen-bond donors (Lipinski definition) is 4. The van der Waals surface area contributed by atoms with Crippen LogP contribution in [0.5, 0.6) is 0 Å². The van der Waals surface area contributed by atoms with Crippen LogP contribution in [0.4, 0.5) is 0 Å². The fraction of sp³-hybridized carbons (Fsp3) is 0.636. The number of aromatic amines is 1. The molecule has 1 aliphatic heterocycles. The van der Waals surface area contributed by atoms with Crippen LogP contribution in [0.15, 0.2) is 15.8 Å². The number of H-pyrrole nitrogens is 1. The predicted molar refractivity (Wildman–Crippen MR) is 84.6 cm³/mol. The zero-order valence-electron chi connectivity index (χ0n) is 10.6. The Kier molecular flexibility index (Phi) is 5.59. The second-order valence-corrected chi connectivity index (χ2v) is 6.90. The Morgan fingerprint density at radius 2 is 2.24 bits per heavy atom. The van der Waals surface area contributed by atoms with Gasteiger partial charge in [0.15, 0.2) is 0 Å². The minimum Gasteiger partial charge on any atom is -0.394 e. The van der Waals surface area contributed by atoms with Crippen molar-refractivity contribution in [2.24, 2.45) is 0 Å². The Labute approximate surface area is 141 Å². The summed E-state index contributed by atoms with van der Waals surface area (Å²) in [6, 6.07) is 0. The lowest BCUT2D eigenvalue weighted by Gasteiger charge is -2.17. The molecule has 0 radical (unpaired) electrons. The summed E-state index contributed by atoms with van der Waals surface area (Å²) in [6.07, 6.45) is -1.04. The van der Waals surface area contributed by atoms with Gasteiger partial charge < -0.3 is 20.1 Å². The van der Waals surface area contributed by atoms with Crippen molar-refractivity contribution in [1.29, 1.82) is 0 Å². The molecule has 10 heteroatoms. The summed E-state index contributed by atoms with van der Waals surface area (Å²) < 4.78 is 5.66. The van der Waals surface area contributed by atoms with E-state index in [1.54, 1.807) is 22.6 Å². The van der Waals surface area contributed by atoms with Gasteiger partial charge in [-0.05, 0) is 22.6 Å². The van der Waals surface area contributed by atoms with Crippen LogP contribution in [0.25, 0.3) is 0 Å². The van der Waals surface area contributed by atoms with E-state index in [0.29, 0.717) is 0 Å². The van der Waals surface area contributed by atoms with Gasteiger partial charge >= 0.3 is 5.69 Å². The molecular formula is C11H14BrIN2O6. The molecule has 1 aliphatic rings. The van der Waals surface area contributed by atoms with Crippen LogP contribution in [0.1, 0.15) is 23.0 Å². The van der Waals surface area contributed by atoms with Gasteiger partial charge in [-0.3, -0.25) is 14.3 Å². The van der Waals surface area contributed by atoms with Crippen LogP contribution in [0.2, 0.25) is 0 Å². The summed E-state index contributed by atoms with van der Waals surface area (Å²) in [5.74, 6) is 0. The second-order valence-electron chi connectivity index (χ2n) is 4.64. The van der Waals surface area contributed by atoms with E-state index in [1.165, 1.54) is 6.20 Å². The number of halogens is 2. The molecule has 1 saturated heterocycles. The summed E-state index contributed by atoms with van der Waals surface area (Å²) in [5.41, 5.74) is -1.12. The fourth-order valence-electron chi connectivity index (χ4n) is 2.11. The van der Waals surface area contributed by atoms with Crippen molar-refractivity contribution in [3.05, 3.63) is 32.6 Å². The molecule has 0 aromatic carbocycles. The summed E-state index contributed by atoms with van der Waals surface area (Å²) in [7, 11) is 0. The van der Waals surface area contributed by atoms with Crippen LogP contribution in [0.3, 0.4) is 0 Å². The Bertz CT molecular complexity index is 617. The number of rotatable bonds is 4. The number of hydrogen-bond acceptors (Lipinski definition) is 6. The Morgan fingerprint density at radius 1 is 1.57 bits per heavy atom. The molecule has 21 heavy (non-hydrogen) atoms. The maximum atomic E-state index is 11.9. The van der Waals surface area contributed by atoms with Gasteiger partial charge in [-0.25, -0.2) is 4.79 Å². The highest BCUT2D eigenvalue weighted by molar-refractivity contribution is 14.1. The van der Waals surface area contributed by atoms with E-state index in [2.05, 4.69) is 20.9 Å². The van der Waals surface area contributed by atoms with E-state index >= 15 is 0 Å². The van der Waals surface area contributed by atoms with Gasteiger partial charge in [-0.1, -0.05) is 15.9 Å². The molecule has 2 unspecified atom stereocenters. The van der Waals surface area contributed by atoms with Crippen molar-refractivity contribution in [2.75, 3.05) is 6.61 Å². The van der Waals surface area contributed by atoms with E-state index in [9.17, 15) is 19.8 Å². The molecule has 0 spiro atoms. The Balaban J connectivity index is 2.39. The van der Waals surface area contributed by atoms with Gasteiger partial charge in [0, 0.05) is 12.6 Å². The number of aliphatic hydroxyl groups excluding tert-OH is 3. The third-order valence-corrected chi connectivity index (χ3v) is 5.93. The largest absolute Gasteiger partial charge is 0.394 e. The first kappa shape index (κ1) is 17.1.